The summed E-state index contributed by atoms with van der Waals surface area (Å²) in [6.45, 7) is 7.19. The fourth-order valence-corrected chi connectivity index (χ4v) is 5.36. The highest BCUT2D eigenvalue weighted by Crippen LogP contribution is 2.26. The van der Waals surface area contributed by atoms with Gasteiger partial charge in [0.2, 0.25) is 0 Å². The summed E-state index contributed by atoms with van der Waals surface area (Å²) in [6, 6.07) is 18.9. The minimum absolute atomic E-state index is 0.294. The van der Waals surface area contributed by atoms with Crippen molar-refractivity contribution < 1.29 is 19.0 Å². The summed E-state index contributed by atoms with van der Waals surface area (Å²) in [6.07, 6.45) is 8.74. The molecule has 3 aromatic carbocycles. The Bertz CT molecular complexity index is 1180. The molecule has 6 heteroatoms. The average Bonchev–Trinajstić information content (AvgIpc) is 2.98. The zero-order valence-corrected chi connectivity index (χ0v) is 23.5. The first-order valence-corrected chi connectivity index (χ1v) is 14.4. The normalized spacial score (nSPS) is 15.1. The summed E-state index contributed by atoms with van der Waals surface area (Å²) < 4.78 is 25.5. The summed E-state index contributed by atoms with van der Waals surface area (Å²) in [7, 11) is 1.66. The number of phenols is 1. The van der Waals surface area contributed by atoms with E-state index < -0.39 is 0 Å². The van der Waals surface area contributed by atoms with Gasteiger partial charge in [0, 0.05) is 31.4 Å². The molecule has 1 N–H and O–H groups in total. The first kappa shape index (κ1) is 28.8. The number of aryl methyl sites for hydroxylation is 2. The number of anilines is 1. The number of benzene rings is 3. The number of piperidine rings is 1. The summed E-state index contributed by atoms with van der Waals surface area (Å²) in [5.74, 6) is 1.27. The lowest BCUT2D eigenvalue weighted by Gasteiger charge is -2.26. The molecular weight excluding hydrogens is 491 g/mol. The predicted molar refractivity (Wildman–Crippen MR) is 157 cm³/mol. The van der Waals surface area contributed by atoms with Crippen molar-refractivity contribution in [3.8, 4) is 17.2 Å². The van der Waals surface area contributed by atoms with Crippen molar-refractivity contribution in [3.63, 3.8) is 0 Å². The van der Waals surface area contributed by atoms with E-state index in [9.17, 15) is 9.50 Å². The van der Waals surface area contributed by atoms with Crippen molar-refractivity contribution in [1.29, 1.82) is 0 Å². The van der Waals surface area contributed by atoms with Crippen LogP contribution in [0.25, 0.3) is 0 Å². The van der Waals surface area contributed by atoms with E-state index in [-0.39, 0.29) is 5.82 Å². The van der Waals surface area contributed by atoms with Crippen LogP contribution in [0.15, 0.2) is 60.7 Å². The van der Waals surface area contributed by atoms with Crippen LogP contribution in [0.4, 0.5) is 10.1 Å². The van der Waals surface area contributed by atoms with Gasteiger partial charge in [-0.2, -0.15) is 0 Å². The molecule has 1 saturated heterocycles. The fraction of sp³-hybridized carbons (Fsp3) is 0.455. The Kier molecular flexibility index (Phi) is 10.9. The second-order valence-corrected chi connectivity index (χ2v) is 10.4. The molecule has 1 heterocycles. The molecule has 1 aliphatic carbocycles. The lowest BCUT2D eigenvalue weighted by Crippen LogP contribution is -2.33. The maximum atomic E-state index is 14.5. The molecule has 1 fully saturated rings. The van der Waals surface area contributed by atoms with Crippen molar-refractivity contribution in [2.24, 2.45) is 0 Å². The number of methoxy groups -OCH3 is 1. The molecule has 1 aliphatic heterocycles. The third-order valence-corrected chi connectivity index (χ3v) is 7.62. The van der Waals surface area contributed by atoms with E-state index in [1.54, 1.807) is 25.3 Å². The number of hydrogen-bond acceptors (Lipinski definition) is 5. The van der Waals surface area contributed by atoms with Crippen LogP contribution < -0.4 is 14.4 Å². The van der Waals surface area contributed by atoms with Gasteiger partial charge >= 0.3 is 0 Å². The maximum absolute atomic E-state index is 14.5. The molecule has 2 aliphatic rings. The van der Waals surface area contributed by atoms with Gasteiger partial charge in [0.25, 0.3) is 0 Å². The largest absolute Gasteiger partial charge is 0.508 e. The molecule has 0 spiro atoms. The van der Waals surface area contributed by atoms with E-state index in [0.29, 0.717) is 24.7 Å². The number of rotatable bonds is 9. The van der Waals surface area contributed by atoms with Crippen LogP contribution in [-0.2, 0) is 19.4 Å². The van der Waals surface area contributed by atoms with E-state index in [1.807, 2.05) is 42.5 Å². The second kappa shape index (κ2) is 14.8. The second-order valence-electron chi connectivity index (χ2n) is 10.4. The molecule has 0 atom stereocenters. The van der Waals surface area contributed by atoms with Crippen molar-refractivity contribution in [2.75, 3.05) is 44.8 Å². The van der Waals surface area contributed by atoms with Gasteiger partial charge in [-0.3, -0.25) is 4.90 Å². The van der Waals surface area contributed by atoms with Gasteiger partial charge in [-0.1, -0.05) is 24.6 Å². The zero-order valence-electron chi connectivity index (χ0n) is 23.5. The number of halogens is 1. The Balaban J connectivity index is 0.000000265. The van der Waals surface area contributed by atoms with Gasteiger partial charge in [-0.05, 0) is 112 Å². The van der Waals surface area contributed by atoms with Crippen molar-refractivity contribution in [2.45, 2.75) is 58.4 Å². The van der Waals surface area contributed by atoms with E-state index in [2.05, 4.69) is 16.7 Å². The smallest absolute Gasteiger partial charge is 0.165 e. The molecule has 0 saturated carbocycles. The third kappa shape index (κ3) is 8.62. The van der Waals surface area contributed by atoms with Crippen molar-refractivity contribution in [3.05, 3.63) is 83.2 Å². The standard InChI is InChI=1S/C23H31FN2O2.C10H12O/c1-3-26(20-8-7-9-21(17-20)27-2)18-19-10-11-23(22(24)16-19)28-15-14-25-12-5-4-6-13-25;11-10-6-5-8-3-1-2-4-9(8)7-10/h7-11,16-17H,3-6,12-15,18H2,1-2H3;5-7,11H,1-4H2. The molecule has 210 valence electrons. The topological polar surface area (TPSA) is 45.2 Å². The number of hydrogen-bond donors (Lipinski definition) is 1. The SMILES string of the molecule is CCN(Cc1ccc(OCCN2CCCCC2)c(F)c1)c1cccc(OC)c1.Oc1ccc2c(c1)CCCC2. The van der Waals surface area contributed by atoms with E-state index in [0.717, 1.165) is 49.6 Å². The molecular formula is C33H43FN2O3. The Morgan fingerprint density at radius 1 is 0.897 bits per heavy atom. The number of aromatic hydroxyl groups is 1. The van der Waals surface area contributed by atoms with Crippen LogP contribution in [0, 0.1) is 5.82 Å². The van der Waals surface area contributed by atoms with Crippen LogP contribution in [0.2, 0.25) is 0 Å². The lowest BCUT2D eigenvalue weighted by atomic mass is 9.92. The number of fused-ring (bicyclic) bond motifs is 1. The minimum Gasteiger partial charge on any atom is -0.508 e. The van der Waals surface area contributed by atoms with Crippen molar-refractivity contribution in [1.82, 2.24) is 4.90 Å². The van der Waals surface area contributed by atoms with Crippen LogP contribution in [0.1, 0.15) is 55.7 Å². The summed E-state index contributed by atoms with van der Waals surface area (Å²) >= 11 is 0. The number of phenolic OH excluding ortho intramolecular Hbond substituents is 1. The average molecular weight is 535 g/mol. The van der Waals surface area contributed by atoms with Crippen molar-refractivity contribution >= 4 is 5.69 Å². The quantitative estimate of drug-likeness (QED) is 0.320. The predicted octanol–water partition coefficient (Wildman–Crippen LogP) is 7.00. The Morgan fingerprint density at radius 3 is 2.44 bits per heavy atom. The van der Waals surface area contributed by atoms with Crippen LogP contribution in [0.3, 0.4) is 0 Å². The first-order chi connectivity index (χ1) is 19.1. The molecule has 0 bridgehead atoms. The maximum Gasteiger partial charge on any atom is 0.165 e. The number of likely N-dealkylation sites (tertiary alicyclic amines) is 1. The lowest BCUT2D eigenvalue weighted by molar-refractivity contribution is 0.180. The molecule has 0 aromatic heterocycles. The molecule has 3 aromatic rings. The Labute approximate surface area is 233 Å². The van der Waals surface area contributed by atoms with Gasteiger partial charge < -0.3 is 19.5 Å². The Hall–Kier alpha value is -3.25. The summed E-state index contributed by atoms with van der Waals surface area (Å²) in [5, 5.41) is 9.19. The molecule has 0 radical (unpaired) electrons. The number of nitrogens with zero attached hydrogens (tertiary/aromatic N) is 2. The molecule has 39 heavy (non-hydrogen) atoms. The molecule has 5 nitrogen and oxygen atoms in total. The van der Waals surface area contributed by atoms with Gasteiger partial charge in [-0.25, -0.2) is 4.39 Å². The van der Waals surface area contributed by atoms with Crippen LogP contribution in [0.5, 0.6) is 17.2 Å². The molecule has 0 unspecified atom stereocenters. The summed E-state index contributed by atoms with van der Waals surface area (Å²) in [5.41, 5.74) is 4.75. The number of ether oxygens (including phenoxy) is 2. The Morgan fingerprint density at radius 2 is 1.69 bits per heavy atom. The van der Waals surface area contributed by atoms with Crippen LogP contribution in [-0.4, -0.2) is 49.9 Å². The highest BCUT2D eigenvalue weighted by Gasteiger charge is 2.12. The van der Waals surface area contributed by atoms with E-state index in [4.69, 9.17) is 9.47 Å². The highest BCUT2D eigenvalue weighted by molar-refractivity contribution is 5.51. The van der Waals surface area contributed by atoms with Gasteiger partial charge in [0.15, 0.2) is 11.6 Å². The third-order valence-electron chi connectivity index (χ3n) is 7.62. The molecule has 0 amide bonds. The molecule has 5 rings (SSSR count). The zero-order chi connectivity index (χ0) is 27.5. The van der Waals surface area contributed by atoms with E-state index >= 15 is 0 Å². The highest BCUT2D eigenvalue weighted by atomic mass is 19.1. The van der Waals surface area contributed by atoms with Gasteiger partial charge in [-0.15, -0.1) is 0 Å². The van der Waals surface area contributed by atoms with E-state index in [1.165, 1.54) is 49.7 Å². The van der Waals surface area contributed by atoms with Gasteiger partial charge in [0.05, 0.1) is 7.11 Å². The summed E-state index contributed by atoms with van der Waals surface area (Å²) in [4.78, 5) is 4.58. The van der Waals surface area contributed by atoms with Crippen LogP contribution >= 0.6 is 0 Å². The van der Waals surface area contributed by atoms with Gasteiger partial charge in [0.1, 0.15) is 18.1 Å². The fourth-order valence-electron chi connectivity index (χ4n) is 5.36. The first-order valence-electron chi connectivity index (χ1n) is 14.4. The monoisotopic (exact) mass is 534 g/mol. The minimum atomic E-state index is -0.294.